The Kier molecular flexibility index (Phi) is 9.02. The lowest BCUT2D eigenvalue weighted by Crippen LogP contribution is -2.41. The highest BCUT2D eigenvalue weighted by atomic mass is 19.4. The molecule has 8 heteroatoms. The third kappa shape index (κ3) is 8.91. The monoisotopic (exact) mass is 402 g/mol. The van der Waals surface area contributed by atoms with Crippen LogP contribution in [0.4, 0.5) is 17.6 Å². The predicted octanol–water partition coefficient (Wildman–Crippen LogP) is 3.59. The molecular weight excluding hydrogens is 372 g/mol. The zero-order chi connectivity index (χ0) is 20.4. The average molecular weight is 402 g/mol. The van der Waals surface area contributed by atoms with E-state index in [0.29, 0.717) is 25.0 Å². The Labute approximate surface area is 164 Å². The van der Waals surface area contributed by atoms with Gasteiger partial charge in [0.05, 0.1) is 6.54 Å². The van der Waals surface area contributed by atoms with Crippen molar-refractivity contribution in [1.29, 1.82) is 0 Å². The van der Waals surface area contributed by atoms with Crippen molar-refractivity contribution in [2.75, 3.05) is 39.8 Å². The van der Waals surface area contributed by atoms with E-state index in [1.165, 1.54) is 11.0 Å². The number of alkyl halides is 3. The number of hydrogen-bond acceptors (Lipinski definition) is 2. The first-order valence-corrected chi connectivity index (χ1v) is 9.84. The first-order valence-electron chi connectivity index (χ1n) is 9.84. The van der Waals surface area contributed by atoms with E-state index in [2.05, 4.69) is 15.6 Å². The van der Waals surface area contributed by atoms with Crippen LogP contribution in [0.2, 0.25) is 0 Å². The smallest absolute Gasteiger partial charge is 0.356 e. The van der Waals surface area contributed by atoms with E-state index in [9.17, 15) is 17.6 Å². The molecule has 0 saturated carbocycles. The molecule has 1 fully saturated rings. The molecule has 0 radical (unpaired) electrons. The van der Waals surface area contributed by atoms with Gasteiger partial charge in [-0.3, -0.25) is 9.89 Å². The maximum atomic E-state index is 13.1. The van der Waals surface area contributed by atoms with E-state index in [1.54, 1.807) is 19.2 Å². The van der Waals surface area contributed by atoms with Crippen LogP contribution in [0.15, 0.2) is 29.3 Å². The van der Waals surface area contributed by atoms with Crippen molar-refractivity contribution in [2.24, 2.45) is 10.9 Å². The number of likely N-dealkylation sites (tertiary alicyclic amines) is 1. The molecule has 0 spiro atoms. The lowest BCUT2D eigenvalue weighted by molar-refractivity contribution is -0.148. The molecule has 0 amide bonds. The molecule has 0 aromatic heterocycles. The third-order valence-electron chi connectivity index (χ3n) is 5.00. The fourth-order valence-corrected chi connectivity index (χ4v) is 3.49. The van der Waals surface area contributed by atoms with Crippen molar-refractivity contribution in [2.45, 2.75) is 38.3 Å². The minimum absolute atomic E-state index is 0.216. The third-order valence-corrected chi connectivity index (χ3v) is 5.00. The van der Waals surface area contributed by atoms with Crippen molar-refractivity contribution >= 4 is 5.96 Å². The first-order chi connectivity index (χ1) is 13.4. The summed E-state index contributed by atoms with van der Waals surface area (Å²) < 4.78 is 50.4. The predicted molar refractivity (Wildman–Crippen MR) is 104 cm³/mol. The first kappa shape index (κ1) is 22.5. The van der Waals surface area contributed by atoms with Crippen LogP contribution in [-0.4, -0.2) is 56.8 Å². The number of halogens is 4. The molecule has 1 aromatic rings. The minimum Gasteiger partial charge on any atom is -0.356 e. The van der Waals surface area contributed by atoms with Crippen LogP contribution in [0.25, 0.3) is 0 Å². The Balaban J connectivity index is 1.56. The van der Waals surface area contributed by atoms with Crippen molar-refractivity contribution in [3.63, 3.8) is 0 Å². The Morgan fingerprint density at radius 2 is 1.89 bits per heavy atom. The van der Waals surface area contributed by atoms with Crippen molar-refractivity contribution in [3.8, 4) is 0 Å². The Hall–Kier alpha value is -1.83. The van der Waals surface area contributed by atoms with Gasteiger partial charge in [0.25, 0.3) is 0 Å². The summed E-state index contributed by atoms with van der Waals surface area (Å²) in [5, 5.41) is 6.50. The van der Waals surface area contributed by atoms with Crippen molar-refractivity contribution in [1.82, 2.24) is 15.5 Å². The largest absolute Gasteiger partial charge is 0.401 e. The van der Waals surface area contributed by atoms with Crippen molar-refractivity contribution < 1.29 is 17.6 Å². The zero-order valence-electron chi connectivity index (χ0n) is 16.4. The number of guanidine groups is 1. The lowest BCUT2D eigenvalue weighted by Gasteiger charge is -2.32. The second-order valence-electron chi connectivity index (χ2n) is 7.28. The summed E-state index contributed by atoms with van der Waals surface area (Å²) in [6.07, 6.45) is 0.0694. The summed E-state index contributed by atoms with van der Waals surface area (Å²) in [5.41, 5.74) is 0.974. The SMILES string of the molecule is CN=C(NCCCc1cccc(F)c1)NCCC1CCN(CC(F)(F)F)CC1. The van der Waals surface area contributed by atoms with Gasteiger partial charge in [0.15, 0.2) is 5.96 Å². The number of benzene rings is 1. The molecule has 1 heterocycles. The molecule has 0 bridgehead atoms. The highest BCUT2D eigenvalue weighted by Crippen LogP contribution is 2.23. The van der Waals surface area contributed by atoms with Crippen LogP contribution in [0, 0.1) is 11.7 Å². The number of piperidine rings is 1. The van der Waals surface area contributed by atoms with Gasteiger partial charge in [-0.2, -0.15) is 13.2 Å². The topological polar surface area (TPSA) is 39.7 Å². The number of aryl methyl sites for hydroxylation is 1. The van der Waals surface area contributed by atoms with Crippen LogP contribution < -0.4 is 10.6 Å². The van der Waals surface area contributed by atoms with E-state index in [1.807, 2.05) is 6.07 Å². The van der Waals surface area contributed by atoms with E-state index < -0.39 is 12.7 Å². The second kappa shape index (κ2) is 11.2. The van der Waals surface area contributed by atoms with Crippen LogP contribution in [0.1, 0.15) is 31.2 Å². The number of nitrogens with one attached hydrogen (secondary N) is 2. The van der Waals surface area contributed by atoms with Crippen LogP contribution in [0.5, 0.6) is 0 Å². The maximum Gasteiger partial charge on any atom is 0.401 e. The van der Waals surface area contributed by atoms with Gasteiger partial charge in [-0.05, 0) is 68.8 Å². The standard InChI is InChI=1S/C20H30F4N4/c1-25-19(26-10-3-5-17-4-2-6-18(21)14-17)27-11-7-16-8-12-28(13-9-16)15-20(22,23)24/h2,4,6,14,16H,3,5,7-13,15H2,1H3,(H2,25,26,27). The van der Waals surface area contributed by atoms with Gasteiger partial charge in [-0.15, -0.1) is 0 Å². The fourth-order valence-electron chi connectivity index (χ4n) is 3.49. The zero-order valence-corrected chi connectivity index (χ0v) is 16.4. The molecule has 0 aliphatic carbocycles. The van der Waals surface area contributed by atoms with Crippen LogP contribution in [0.3, 0.4) is 0 Å². The molecule has 1 aliphatic rings. The Bertz CT molecular complexity index is 610. The summed E-state index contributed by atoms with van der Waals surface area (Å²) in [6, 6.07) is 6.61. The van der Waals surface area contributed by atoms with E-state index in [-0.39, 0.29) is 5.82 Å². The lowest BCUT2D eigenvalue weighted by atomic mass is 9.93. The molecule has 28 heavy (non-hydrogen) atoms. The van der Waals surface area contributed by atoms with Crippen molar-refractivity contribution in [3.05, 3.63) is 35.6 Å². The van der Waals surface area contributed by atoms with Gasteiger partial charge in [0.1, 0.15) is 5.82 Å². The second-order valence-corrected chi connectivity index (χ2v) is 7.28. The average Bonchev–Trinajstić information content (AvgIpc) is 2.64. The molecule has 1 aliphatic heterocycles. The molecule has 2 N–H and O–H groups in total. The van der Waals surface area contributed by atoms with Gasteiger partial charge in [-0.25, -0.2) is 4.39 Å². The summed E-state index contributed by atoms with van der Waals surface area (Å²) in [4.78, 5) is 5.67. The number of rotatable bonds is 8. The van der Waals surface area contributed by atoms with Crippen LogP contribution >= 0.6 is 0 Å². The van der Waals surface area contributed by atoms with Gasteiger partial charge in [0.2, 0.25) is 0 Å². The van der Waals surface area contributed by atoms with E-state index in [4.69, 9.17) is 0 Å². The number of hydrogen-bond donors (Lipinski definition) is 2. The summed E-state index contributed by atoms with van der Waals surface area (Å²) in [5.74, 6) is 0.948. The molecule has 0 unspecified atom stereocenters. The van der Waals surface area contributed by atoms with Crippen LogP contribution in [-0.2, 0) is 6.42 Å². The van der Waals surface area contributed by atoms with Gasteiger partial charge < -0.3 is 10.6 Å². The molecule has 0 atom stereocenters. The highest BCUT2D eigenvalue weighted by Gasteiger charge is 2.32. The quantitative estimate of drug-likeness (QED) is 0.302. The van der Waals surface area contributed by atoms with Gasteiger partial charge in [0, 0.05) is 20.1 Å². The molecule has 1 saturated heterocycles. The molecular formula is C20H30F4N4. The molecule has 158 valence electrons. The minimum atomic E-state index is -4.11. The molecule has 2 rings (SSSR count). The summed E-state index contributed by atoms with van der Waals surface area (Å²) in [6.45, 7) is 1.69. The summed E-state index contributed by atoms with van der Waals surface area (Å²) >= 11 is 0. The van der Waals surface area contributed by atoms with E-state index in [0.717, 1.165) is 50.8 Å². The molecule has 1 aromatic carbocycles. The van der Waals surface area contributed by atoms with Gasteiger partial charge >= 0.3 is 6.18 Å². The maximum absolute atomic E-state index is 13.1. The Morgan fingerprint density at radius 1 is 1.18 bits per heavy atom. The summed E-state index contributed by atoms with van der Waals surface area (Å²) in [7, 11) is 1.71. The fraction of sp³-hybridized carbons (Fsp3) is 0.650. The normalized spacial score (nSPS) is 17.0. The highest BCUT2D eigenvalue weighted by molar-refractivity contribution is 5.79. The van der Waals surface area contributed by atoms with Gasteiger partial charge in [-0.1, -0.05) is 12.1 Å². The molecule has 4 nitrogen and oxygen atoms in total. The number of aliphatic imine (C=N–C) groups is 1. The van der Waals surface area contributed by atoms with E-state index >= 15 is 0 Å². The Morgan fingerprint density at radius 3 is 2.54 bits per heavy atom. The number of nitrogens with zero attached hydrogens (tertiary/aromatic N) is 2.